The SMILES string of the molecule is CCCn1cc(C(=O)NC(C)(C)C)c(=O)c2c(N)cccc21. The van der Waals surface area contributed by atoms with Gasteiger partial charge in [-0.2, -0.15) is 0 Å². The molecule has 0 saturated heterocycles. The van der Waals surface area contributed by atoms with Crippen molar-refractivity contribution in [1.82, 2.24) is 9.88 Å². The third kappa shape index (κ3) is 3.13. The van der Waals surface area contributed by atoms with Crippen molar-refractivity contribution >= 4 is 22.5 Å². The third-order valence-corrected chi connectivity index (χ3v) is 3.34. The highest BCUT2D eigenvalue weighted by atomic mass is 16.2. The van der Waals surface area contributed by atoms with Crippen LogP contribution in [0.2, 0.25) is 0 Å². The van der Waals surface area contributed by atoms with E-state index in [1.165, 1.54) is 0 Å². The van der Waals surface area contributed by atoms with Crippen LogP contribution in [0.3, 0.4) is 0 Å². The number of nitrogen functional groups attached to an aromatic ring is 1. The summed E-state index contributed by atoms with van der Waals surface area (Å²) in [7, 11) is 0. The summed E-state index contributed by atoms with van der Waals surface area (Å²) < 4.78 is 1.92. The van der Waals surface area contributed by atoms with Gasteiger partial charge in [0.1, 0.15) is 5.56 Å². The van der Waals surface area contributed by atoms with Crippen molar-refractivity contribution in [2.45, 2.75) is 46.2 Å². The first-order chi connectivity index (χ1) is 10.2. The van der Waals surface area contributed by atoms with Gasteiger partial charge < -0.3 is 15.6 Å². The van der Waals surface area contributed by atoms with E-state index in [4.69, 9.17) is 5.73 Å². The van der Waals surface area contributed by atoms with E-state index in [9.17, 15) is 9.59 Å². The summed E-state index contributed by atoms with van der Waals surface area (Å²) in [5, 5.41) is 3.25. The number of carbonyl (C=O) groups is 1. The summed E-state index contributed by atoms with van der Waals surface area (Å²) in [5.74, 6) is -0.368. The van der Waals surface area contributed by atoms with Crippen molar-refractivity contribution in [3.8, 4) is 0 Å². The van der Waals surface area contributed by atoms with Crippen molar-refractivity contribution < 1.29 is 4.79 Å². The third-order valence-electron chi connectivity index (χ3n) is 3.34. The minimum Gasteiger partial charge on any atom is -0.398 e. The number of pyridine rings is 1. The van der Waals surface area contributed by atoms with Gasteiger partial charge in [-0.05, 0) is 39.3 Å². The van der Waals surface area contributed by atoms with Crippen LogP contribution in [0, 0.1) is 0 Å². The second-order valence-corrected chi connectivity index (χ2v) is 6.51. The molecule has 118 valence electrons. The Hall–Kier alpha value is -2.30. The molecule has 0 aliphatic heterocycles. The van der Waals surface area contributed by atoms with Gasteiger partial charge in [-0.15, -0.1) is 0 Å². The fourth-order valence-corrected chi connectivity index (χ4v) is 2.46. The van der Waals surface area contributed by atoms with Crippen LogP contribution < -0.4 is 16.5 Å². The lowest BCUT2D eigenvalue weighted by atomic mass is 10.1. The molecule has 0 aliphatic rings. The topological polar surface area (TPSA) is 77.1 Å². The number of fused-ring (bicyclic) bond motifs is 1. The van der Waals surface area contributed by atoms with Gasteiger partial charge in [0.2, 0.25) is 5.43 Å². The van der Waals surface area contributed by atoms with E-state index in [1.54, 1.807) is 12.3 Å². The standard InChI is InChI=1S/C17H23N3O2/c1-5-9-20-10-11(16(22)19-17(2,3)4)15(21)14-12(18)7-6-8-13(14)20/h6-8,10H,5,9,18H2,1-4H3,(H,19,22). The van der Waals surface area contributed by atoms with Gasteiger partial charge >= 0.3 is 0 Å². The normalized spacial score (nSPS) is 11.6. The van der Waals surface area contributed by atoms with E-state index >= 15 is 0 Å². The quantitative estimate of drug-likeness (QED) is 0.855. The van der Waals surface area contributed by atoms with E-state index in [-0.39, 0.29) is 16.9 Å². The highest BCUT2D eigenvalue weighted by molar-refractivity contribution is 6.00. The van der Waals surface area contributed by atoms with Gasteiger partial charge in [-0.3, -0.25) is 9.59 Å². The van der Waals surface area contributed by atoms with Gasteiger partial charge in [0.15, 0.2) is 0 Å². The predicted octanol–water partition coefficient (Wildman–Crippen LogP) is 2.52. The van der Waals surface area contributed by atoms with Crippen molar-refractivity contribution in [3.05, 3.63) is 40.2 Å². The second-order valence-electron chi connectivity index (χ2n) is 6.51. The molecule has 1 aromatic heterocycles. The Morgan fingerprint density at radius 1 is 1.32 bits per heavy atom. The number of aryl methyl sites for hydroxylation is 1. The Balaban J connectivity index is 2.70. The molecule has 0 bridgehead atoms. The first-order valence-electron chi connectivity index (χ1n) is 7.48. The van der Waals surface area contributed by atoms with Crippen molar-refractivity contribution in [1.29, 1.82) is 0 Å². The lowest BCUT2D eigenvalue weighted by Gasteiger charge is -2.21. The maximum Gasteiger partial charge on any atom is 0.257 e. The molecule has 5 heteroatoms. The lowest BCUT2D eigenvalue weighted by molar-refractivity contribution is 0.0918. The number of hydrogen-bond acceptors (Lipinski definition) is 3. The molecule has 0 spiro atoms. The van der Waals surface area contributed by atoms with Crippen LogP contribution in [0.5, 0.6) is 0 Å². The first-order valence-corrected chi connectivity index (χ1v) is 7.48. The highest BCUT2D eigenvalue weighted by Gasteiger charge is 2.20. The largest absolute Gasteiger partial charge is 0.398 e. The van der Waals surface area contributed by atoms with Gasteiger partial charge in [0.25, 0.3) is 5.91 Å². The molecule has 2 aromatic rings. The molecule has 5 nitrogen and oxygen atoms in total. The Kier molecular flexibility index (Phi) is 4.26. The number of amides is 1. The number of nitrogens with one attached hydrogen (secondary N) is 1. The smallest absolute Gasteiger partial charge is 0.257 e. The minimum absolute atomic E-state index is 0.133. The first kappa shape index (κ1) is 16.1. The molecule has 1 amide bonds. The van der Waals surface area contributed by atoms with Crippen LogP contribution in [-0.2, 0) is 6.54 Å². The Bertz CT molecular complexity index is 770. The van der Waals surface area contributed by atoms with E-state index < -0.39 is 5.54 Å². The number of benzene rings is 1. The molecule has 1 aromatic carbocycles. The monoisotopic (exact) mass is 301 g/mol. The molecule has 3 N–H and O–H groups in total. The predicted molar refractivity (Wildman–Crippen MR) is 90.1 cm³/mol. The Morgan fingerprint density at radius 3 is 2.59 bits per heavy atom. The lowest BCUT2D eigenvalue weighted by Crippen LogP contribution is -2.42. The van der Waals surface area contributed by atoms with Crippen LogP contribution in [0.15, 0.2) is 29.2 Å². The van der Waals surface area contributed by atoms with E-state index in [0.29, 0.717) is 11.1 Å². The number of carbonyl (C=O) groups excluding carboxylic acids is 1. The summed E-state index contributed by atoms with van der Waals surface area (Å²) in [4.78, 5) is 25.1. The summed E-state index contributed by atoms with van der Waals surface area (Å²) in [6.45, 7) is 8.40. The van der Waals surface area contributed by atoms with Crippen molar-refractivity contribution in [2.24, 2.45) is 0 Å². The van der Waals surface area contributed by atoms with E-state index in [2.05, 4.69) is 5.32 Å². The highest BCUT2D eigenvalue weighted by Crippen LogP contribution is 2.19. The fourth-order valence-electron chi connectivity index (χ4n) is 2.46. The van der Waals surface area contributed by atoms with Gasteiger partial charge in [-0.1, -0.05) is 13.0 Å². The number of aromatic nitrogens is 1. The zero-order chi connectivity index (χ0) is 16.5. The van der Waals surface area contributed by atoms with Crippen LogP contribution >= 0.6 is 0 Å². The molecule has 0 unspecified atom stereocenters. The number of hydrogen-bond donors (Lipinski definition) is 2. The van der Waals surface area contributed by atoms with Crippen LogP contribution in [-0.4, -0.2) is 16.0 Å². The molecule has 0 atom stereocenters. The average molecular weight is 301 g/mol. The average Bonchev–Trinajstić information content (AvgIpc) is 2.40. The summed E-state index contributed by atoms with van der Waals surface area (Å²) >= 11 is 0. The minimum atomic E-state index is -0.406. The molecular weight excluding hydrogens is 278 g/mol. The Labute approximate surface area is 130 Å². The molecule has 0 aliphatic carbocycles. The number of nitrogens with zero attached hydrogens (tertiary/aromatic N) is 1. The summed E-state index contributed by atoms with van der Waals surface area (Å²) in [5.41, 5.74) is 6.55. The zero-order valence-electron chi connectivity index (χ0n) is 13.6. The molecule has 1 heterocycles. The van der Waals surface area contributed by atoms with E-state index in [1.807, 2.05) is 44.4 Å². The van der Waals surface area contributed by atoms with Gasteiger partial charge in [-0.25, -0.2) is 0 Å². The second kappa shape index (κ2) is 5.83. The summed E-state index contributed by atoms with van der Waals surface area (Å²) in [6.07, 6.45) is 2.53. The van der Waals surface area contributed by atoms with E-state index in [0.717, 1.165) is 18.5 Å². The van der Waals surface area contributed by atoms with Crippen molar-refractivity contribution in [3.63, 3.8) is 0 Å². The van der Waals surface area contributed by atoms with Crippen LogP contribution in [0.1, 0.15) is 44.5 Å². The molecule has 2 rings (SSSR count). The number of rotatable bonds is 3. The molecule has 22 heavy (non-hydrogen) atoms. The molecule has 0 radical (unpaired) electrons. The van der Waals surface area contributed by atoms with Gasteiger partial charge in [0, 0.05) is 24.0 Å². The maximum atomic E-state index is 12.7. The van der Waals surface area contributed by atoms with Crippen molar-refractivity contribution in [2.75, 3.05) is 5.73 Å². The maximum absolute atomic E-state index is 12.7. The van der Waals surface area contributed by atoms with Crippen LogP contribution in [0.25, 0.3) is 10.9 Å². The molecular formula is C17H23N3O2. The Morgan fingerprint density at radius 2 is 2.00 bits per heavy atom. The fraction of sp³-hybridized carbons (Fsp3) is 0.412. The van der Waals surface area contributed by atoms with Gasteiger partial charge in [0.05, 0.1) is 10.9 Å². The molecule has 0 fully saturated rings. The summed E-state index contributed by atoms with van der Waals surface area (Å²) in [6, 6.07) is 5.36. The number of anilines is 1. The number of nitrogens with two attached hydrogens (primary N) is 1. The molecule has 0 saturated carbocycles. The van der Waals surface area contributed by atoms with Crippen LogP contribution in [0.4, 0.5) is 5.69 Å². The zero-order valence-corrected chi connectivity index (χ0v) is 13.6.